The number of carbonyl (C=O) groups excluding carboxylic acids is 2. The quantitative estimate of drug-likeness (QED) is 0.148. The van der Waals surface area contributed by atoms with E-state index in [4.69, 9.17) is 4.74 Å². The first-order valence-corrected chi connectivity index (χ1v) is 10.1. The second-order valence-electron chi connectivity index (χ2n) is 6.97. The van der Waals surface area contributed by atoms with Crippen LogP contribution in [0.4, 0.5) is 22.0 Å². The van der Waals surface area contributed by atoms with Crippen molar-refractivity contribution >= 4 is 11.9 Å². The molecule has 0 aromatic heterocycles. The Kier molecular flexibility index (Phi) is 13.5. The summed E-state index contributed by atoms with van der Waals surface area (Å²) in [4.78, 5) is 23.1. The fraction of sp³-hybridized carbons (Fsp3) is 0.800. The summed E-state index contributed by atoms with van der Waals surface area (Å²) in [5.41, 5.74) is 0. The van der Waals surface area contributed by atoms with E-state index in [2.05, 4.69) is 13.5 Å². The van der Waals surface area contributed by atoms with Crippen molar-refractivity contribution in [2.24, 2.45) is 0 Å². The van der Waals surface area contributed by atoms with Gasteiger partial charge in [-0.15, -0.1) is 6.58 Å². The number of hydrogen-bond acceptors (Lipinski definition) is 3. The molecule has 0 aliphatic rings. The van der Waals surface area contributed by atoms with Crippen LogP contribution in [0, 0.1) is 0 Å². The first kappa shape index (κ1) is 27.3. The van der Waals surface area contributed by atoms with Gasteiger partial charge in [-0.1, -0.05) is 70.8 Å². The Labute approximate surface area is 169 Å². The summed E-state index contributed by atoms with van der Waals surface area (Å²) in [6.45, 7) is 5.47. The maximum Gasteiger partial charge on any atom is 0.463 e. The third-order valence-electron chi connectivity index (χ3n) is 4.38. The third kappa shape index (κ3) is 11.2. The molecule has 0 radical (unpaired) electrons. The molecule has 170 valence electrons. The molecule has 1 amide bonds. The topological polar surface area (TPSA) is 55.4 Å². The Morgan fingerprint density at radius 1 is 0.931 bits per heavy atom. The minimum Gasteiger partial charge on any atom is -0.464 e. The van der Waals surface area contributed by atoms with Crippen molar-refractivity contribution < 1.29 is 36.3 Å². The average molecular weight is 429 g/mol. The van der Waals surface area contributed by atoms with Crippen LogP contribution in [0.15, 0.2) is 12.7 Å². The maximum absolute atomic E-state index is 13.0. The van der Waals surface area contributed by atoms with Gasteiger partial charge in [0.1, 0.15) is 6.04 Å². The lowest BCUT2D eigenvalue weighted by atomic mass is 10.1. The van der Waals surface area contributed by atoms with Gasteiger partial charge in [0.15, 0.2) is 0 Å². The van der Waals surface area contributed by atoms with E-state index in [9.17, 15) is 31.5 Å². The average Bonchev–Trinajstić information content (AvgIpc) is 2.64. The minimum atomic E-state index is -6.05. The van der Waals surface area contributed by atoms with E-state index in [0.717, 1.165) is 31.8 Å². The lowest BCUT2D eigenvalue weighted by Crippen LogP contribution is -2.54. The number of alkyl halides is 5. The molecule has 1 atom stereocenters. The van der Waals surface area contributed by atoms with Crippen LogP contribution in [-0.4, -0.2) is 36.6 Å². The summed E-state index contributed by atoms with van der Waals surface area (Å²) < 4.78 is 67.6. The third-order valence-corrected chi connectivity index (χ3v) is 4.38. The molecule has 29 heavy (non-hydrogen) atoms. The molecule has 9 heteroatoms. The Morgan fingerprint density at radius 2 is 1.41 bits per heavy atom. The van der Waals surface area contributed by atoms with E-state index >= 15 is 0 Å². The molecule has 4 nitrogen and oxygen atoms in total. The zero-order valence-electron chi connectivity index (χ0n) is 17.0. The highest BCUT2D eigenvalue weighted by atomic mass is 19.4. The monoisotopic (exact) mass is 429 g/mol. The van der Waals surface area contributed by atoms with Crippen molar-refractivity contribution in [2.75, 3.05) is 6.61 Å². The second-order valence-corrected chi connectivity index (χ2v) is 6.97. The number of rotatable bonds is 16. The number of amides is 1. The van der Waals surface area contributed by atoms with E-state index in [0.29, 0.717) is 6.42 Å². The Bertz CT molecular complexity index is 495. The molecule has 0 fully saturated rings. The molecule has 0 aliphatic carbocycles. The predicted molar refractivity (Wildman–Crippen MR) is 101 cm³/mol. The van der Waals surface area contributed by atoms with Gasteiger partial charge in [0.05, 0.1) is 6.61 Å². The van der Waals surface area contributed by atoms with E-state index < -0.39 is 30.0 Å². The van der Waals surface area contributed by atoms with Crippen LogP contribution >= 0.6 is 0 Å². The van der Waals surface area contributed by atoms with Crippen molar-refractivity contribution in [3.05, 3.63) is 12.7 Å². The molecule has 0 aromatic rings. The standard InChI is InChI=1S/C20H32F5NO3/c1-3-5-6-7-8-9-10-11-12-13-15-29-17(27)16(14-4-2)26-18(28)19(21,22)20(23,24)25/h4,16H,2-3,5-15H2,1H3,(H,26,28). The lowest BCUT2D eigenvalue weighted by molar-refractivity contribution is -0.270. The van der Waals surface area contributed by atoms with Crippen LogP contribution in [0.2, 0.25) is 0 Å². The van der Waals surface area contributed by atoms with Gasteiger partial charge in [0.25, 0.3) is 0 Å². The van der Waals surface area contributed by atoms with Gasteiger partial charge < -0.3 is 10.1 Å². The van der Waals surface area contributed by atoms with Crippen LogP contribution in [0.1, 0.15) is 77.6 Å². The zero-order valence-corrected chi connectivity index (χ0v) is 17.0. The fourth-order valence-corrected chi connectivity index (χ4v) is 2.62. The highest BCUT2D eigenvalue weighted by molar-refractivity contribution is 5.89. The second kappa shape index (κ2) is 14.3. The fourth-order valence-electron chi connectivity index (χ4n) is 2.62. The molecule has 1 N–H and O–H groups in total. The van der Waals surface area contributed by atoms with Crippen molar-refractivity contribution in [1.29, 1.82) is 0 Å². The normalized spacial score (nSPS) is 13.0. The van der Waals surface area contributed by atoms with Crippen LogP contribution in [0.3, 0.4) is 0 Å². The first-order chi connectivity index (χ1) is 13.6. The summed E-state index contributed by atoms with van der Waals surface area (Å²) in [5.74, 6) is -9.25. The number of carbonyl (C=O) groups is 2. The Hall–Kier alpha value is -1.67. The summed E-state index contributed by atoms with van der Waals surface area (Å²) >= 11 is 0. The van der Waals surface area contributed by atoms with E-state index in [-0.39, 0.29) is 13.0 Å². The van der Waals surface area contributed by atoms with E-state index in [1.807, 2.05) is 0 Å². The largest absolute Gasteiger partial charge is 0.464 e. The SMILES string of the molecule is C=CCC(NC(=O)C(F)(F)C(F)(F)F)C(=O)OCCCCCCCCCCCC. The lowest BCUT2D eigenvalue weighted by Gasteiger charge is -2.22. The number of unbranched alkanes of at least 4 members (excludes halogenated alkanes) is 9. The molecule has 0 aromatic carbocycles. The van der Waals surface area contributed by atoms with Gasteiger partial charge in [0, 0.05) is 0 Å². The Morgan fingerprint density at radius 3 is 1.86 bits per heavy atom. The summed E-state index contributed by atoms with van der Waals surface area (Å²) in [6.07, 6.45) is 5.45. The molecule has 0 aliphatic heterocycles. The molecule has 0 bridgehead atoms. The smallest absolute Gasteiger partial charge is 0.463 e. The zero-order chi connectivity index (χ0) is 22.3. The van der Waals surface area contributed by atoms with E-state index in [1.165, 1.54) is 37.4 Å². The molecule has 0 spiro atoms. The number of esters is 1. The van der Waals surface area contributed by atoms with E-state index in [1.54, 1.807) is 0 Å². The molecule has 0 saturated heterocycles. The van der Waals surface area contributed by atoms with Gasteiger partial charge in [-0.05, 0) is 12.8 Å². The highest BCUT2D eigenvalue weighted by Crippen LogP contribution is 2.35. The van der Waals surface area contributed by atoms with Gasteiger partial charge in [-0.2, -0.15) is 22.0 Å². The number of halogens is 5. The molecule has 0 saturated carbocycles. The van der Waals surface area contributed by atoms with Crippen LogP contribution in [0.25, 0.3) is 0 Å². The Balaban J connectivity index is 4.14. The maximum atomic E-state index is 13.0. The molecule has 1 unspecified atom stereocenters. The van der Waals surface area contributed by atoms with Gasteiger partial charge >= 0.3 is 24.0 Å². The minimum absolute atomic E-state index is 0.00844. The van der Waals surface area contributed by atoms with Crippen molar-refractivity contribution in [2.45, 2.75) is 95.7 Å². The highest BCUT2D eigenvalue weighted by Gasteiger charge is 2.63. The molecular weight excluding hydrogens is 397 g/mol. The summed E-state index contributed by atoms with van der Waals surface area (Å²) in [6, 6.07) is -1.64. The number of ether oxygens (including phenoxy) is 1. The van der Waals surface area contributed by atoms with Gasteiger partial charge in [0.2, 0.25) is 0 Å². The van der Waals surface area contributed by atoms with Crippen LogP contribution in [0.5, 0.6) is 0 Å². The first-order valence-electron chi connectivity index (χ1n) is 10.1. The van der Waals surface area contributed by atoms with Crippen molar-refractivity contribution in [3.63, 3.8) is 0 Å². The molecule has 0 rings (SSSR count). The van der Waals surface area contributed by atoms with Crippen molar-refractivity contribution in [3.8, 4) is 0 Å². The molecule has 0 heterocycles. The number of nitrogens with one attached hydrogen (secondary N) is 1. The van der Waals surface area contributed by atoms with Crippen LogP contribution in [-0.2, 0) is 14.3 Å². The van der Waals surface area contributed by atoms with Gasteiger partial charge in [-0.25, -0.2) is 4.79 Å². The van der Waals surface area contributed by atoms with Gasteiger partial charge in [-0.3, -0.25) is 4.79 Å². The van der Waals surface area contributed by atoms with Crippen LogP contribution < -0.4 is 5.32 Å². The summed E-state index contributed by atoms with van der Waals surface area (Å²) in [7, 11) is 0. The van der Waals surface area contributed by atoms with Crippen molar-refractivity contribution in [1.82, 2.24) is 5.32 Å². The predicted octanol–water partition coefficient (Wildman–Crippen LogP) is 5.71. The summed E-state index contributed by atoms with van der Waals surface area (Å²) in [5, 5.41) is 1.40. The number of hydrogen-bond donors (Lipinski definition) is 1. The molecular formula is C20H32F5NO3.